The van der Waals surface area contributed by atoms with Crippen LogP contribution in [0.5, 0.6) is 0 Å². The first-order valence-electron chi connectivity index (χ1n) is 10.4. The number of likely N-dealkylation sites (tertiary alicyclic amines) is 1. The van der Waals surface area contributed by atoms with Crippen molar-refractivity contribution in [2.45, 2.75) is 64.5 Å². The van der Waals surface area contributed by atoms with Gasteiger partial charge < -0.3 is 9.64 Å². The summed E-state index contributed by atoms with van der Waals surface area (Å²) in [6.07, 6.45) is 1.70. The van der Waals surface area contributed by atoms with Crippen molar-refractivity contribution >= 4 is 6.09 Å². The Morgan fingerprint density at radius 3 is 2.50 bits per heavy atom. The van der Waals surface area contributed by atoms with Crippen LogP contribution in [0.2, 0.25) is 0 Å². The predicted molar refractivity (Wildman–Crippen MR) is 113 cm³/mol. The average Bonchev–Trinajstić information content (AvgIpc) is 2.63. The first kappa shape index (κ1) is 19.0. The minimum absolute atomic E-state index is 0.0849. The molecule has 0 unspecified atom stereocenters. The smallest absolute Gasteiger partial charge is 0.410 e. The molecule has 3 nitrogen and oxygen atoms in total. The highest BCUT2D eigenvalue weighted by Gasteiger charge is 2.50. The van der Waals surface area contributed by atoms with Gasteiger partial charge in [-0.3, -0.25) is 0 Å². The van der Waals surface area contributed by atoms with Gasteiger partial charge in [0.15, 0.2) is 0 Å². The summed E-state index contributed by atoms with van der Waals surface area (Å²) in [5, 5.41) is 0. The Kier molecular flexibility index (Phi) is 4.52. The van der Waals surface area contributed by atoms with Gasteiger partial charge in [-0.05, 0) is 67.2 Å². The first-order valence-corrected chi connectivity index (χ1v) is 10.4. The third kappa shape index (κ3) is 3.21. The molecule has 1 aliphatic heterocycles. The van der Waals surface area contributed by atoms with E-state index in [-0.39, 0.29) is 17.6 Å². The van der Waals surface area contributed by atoms with Crippen molar-refractivity contribution < 1.29 is 9.53 Å². The molecule has 3 heteroatoms. The summed E-state index contributed by atoms with van der Waals surface area (Å²) in [4.78, 5) is 14.8. The standard InChI is InChI=1S/C25H31NO2/c1-17-22-16-20-12-11-19(18-9-7-6-8-10-18)15-21(20)25(17,5)13-14-26(22)23(27)28-24(2,3)4/h6-12,15,17,22H,13-14,16H2,1-5H3/t17-,22-,25-/m1/s1. The molecular weight excluding hydrogens is 346 g/mol. The van der Waals surface area contributed by atoms with Gasteiger partial charge in [-0.15, -0.1) is 0 Å². The van der Waals surface area contributed by atoms with Gasteiger partial charge in [0.2, 0.25) is 0 Å². The highest BCUT2D eigenvalue weighted by molar-refractivity contribution is 5.70. The van der Waals surface area contributed by atoms with Crippen molar-refractivity contribution in [1.29, 1.82) is 0 Å². The molecule has 1 fully saturated rings. The van der Waals surface area contributed by atoms with Crippen molar-refractivity contribution in [3.63, 3.8) is 0 Å². The van der Waals surface area contributed by atoms with Crippen LogP contribution in [0, 0.1) is 5.92 Å². The Labute approximate surface area is 168 Å². The molecule has 2 aromatic carbocycles. The van der Waals surface area contributed by atoms with Gasteiger partial charge in [0.05, 0.1) is 0 Å². The molecule has 0 spiro atoms. The molecule has 1 aliphatic carbocycles. The van der Waals surface area contributed by atoms with Crippen LogP contribution in [0.3, 0.4) is 0 Å². The van der Waals surface area contributed by atoms with Gasteiger partial charge in [-0.1, -0.05) is 62.4 Å². The van der Waals surface area contributed by atoms with Gasteiger partial charge in [-0.2, -0.15) is 0 Å². The maximum absolute atomic E-state index is 12.8. The van der Waals surface area contributed by atoms with Crippen molar-refractivity contribution in [2.75, 3.05) is 6.54 Å². The summed E-state index contributed by atoms with van der Waals surface area (Å²) < 4.78 is 5.70. The molecule has 0 radical (unpaired) electrons. The van der Waals surface area contributed by atoms with Gasteiger partial charge >= 0.3 is 6.09 Å². The third-order valence-corrected chi connectivity index (χ3v) is 6.74. The zero-order valence-corrected chi connectivity index (χ0v) is 17.7. The molecule has 0 saturated carbocycles. The Hall–Kier alpha value is -2.29. The number of benzene rings is 2. The zero-order valence-electron chi connectivity index (χ0n) is 17.7. The molecule has 4 rings (SSSR count). The Morgan fingerprint density at radius 1 is 1.11 bits per heavy atom. The zero-order chi connectivity index (χ0) is 20.1. The highest BCUT2D eigenvalue weighted by atomic mass is 16.6. The van der Waals surface area contributed by atoms with Crippen LogP contribution in [0.25, 0.3) is 11.1 Å². The van der Waals surface area contributed by atoms with Crippen LogP contribution in [0.15, 0.2) is 48.5 Å². The fraction of sp³-hybridized carbons (Fsp3) is 0.480. The second kappa shape index (κ2) is 6.65. The van der Waals surface area contributed by atoms with E-state index in [0.717, 1.165) is 19.4 Å². The molecule has 2 bridgehead atoms. The lowest BCUT2D eigenvalue weighted by atomic mass is 9.59. The Morgan fingerprint density at radius 2 is 1.82 bits per heavy atom. The summed E-state index contributed by atoms with van der Waals surface area (Å²) in [6, 6.07) is 17.7. The molecule has 148 valence electrons. The summed E-state index contributed by atoms with van der Waals surface area (Å²) >= 11 is 0. The van der Waals surface area contributed by atoms with E-state index >= 15 is 0 Å². The predicted octanol–water partition coefficient (Wildman–Crippen LogP) is 5.81. The highest BCUT2D eigenvalue weighted by Crippen LogP contribution is 2.49. The molecule has 28 heavy (non-hydrogen) atoms. The molecule has 2 aliphatic rings. The molecular formula is C25H31NO2. The van der Waals surface area contributed by atoms with E-state index in [0.29, 0.717) is 5.92 Å². The quantitative estimate of drug-likeness (QED) is 0.627. The average molecular weight is 378 g/mol. The van der Waals surface area contributed by atoms with Crippen LogP contribution >= 0.6 is 0 Å². The SMILES string of the molecule is C[C@@H]1[C@H]2Cc3ccc(-c4ccccc4)cc3[C@]1(C)CCN2C(=O)OC(C)(C)C. The van der Waals surface area contributed by atoms with E-state index in [1.165, 1.54) is 22.3 Å². The molecule has 0 N–H and O–H groups in total. The van der Waals surface area contributed by atoms with Crippen molar-refractivity contribution in [3.05, 3.63) is 59.7 Å². The number of fused-ring (bicyclic) bond motifs is 4. The molecule has 1 heterocycles. The van der Waals surface area contributed by atoms with Crippen LogP contribution in [0.4, 0.5) is 4.79 Å². The number of carbonyl (C=O) groups excluding carboxylic acids is 1. The molecule has 3 atom stereocenters. The number of carbonyl (C=O) groups is 1. The van der Waals surface area contributed by atoms with Crippen LogP contribution in [-0.2, 0) is 16.6 Å². The Bertz CT molecular complexity index is 883. The number of amides is 1. The van der Waals surface area contributed by atoms with Crippen molar-refractivity contribution in [2.24, 2.45) is 5.92 Å². The van der Waals surface area contributed by atoms with Crippen LogP contribution in [-0.4, -0.2) is 29.2 Å². The number of ether oxygens (including phenoxy) is 1. The van der Waals surface area contributed by atoms with E-state index in [4.69, 9.17) is 4.74 Å². The van der Waals surface area contributed by atoms with E-state index in [9.17, 15) is 4.79 Å². The van der Waals surface area contributed by atoms with Crippen molar-refractivity contribution in [3.8, 4) is 11.1 Å². The maximum Gasteiger partial charge on any atom is 0.410 e. The monoisotopic (exact) mass is 377 g/mol. The maximum atomic E-state index is 12.8. The molecule has 1 amide bonds. The molecule has 0 aromatic heterocycles. The largest absolute Gasteiger partial charge is 0.444 e. The number of hydrogen-bond donors (Lipinski definition) is 0. The lowest BCUT2D eigenvalue weighted by Crippen LogP contribution is -2.60. The van der Waals surface area contributed by atoms with E-state index < -0.39 is 5.60 Å². The first-order chi connectivity index (χ1) is 13.2. The third-order valence-electron chi connectivity index (χ3n) is 6.74. The minimum atomic E-state index is -0.460. The number of rotatable bonds is 1. The summed E-state index contributed by atoms with van der Waals surface area (Å²) in [5.74, 6) is 0.396. The normalized spacial score (nSPS) is 26.5. The number of nitrogens with zero attached hydrogens (tertiary/aromatic N) is 1. The van der Waals surface area contributed by atoms with Crippen LogP contribution in [0.1, 0.15) is 52.2 Å². The van der Waals surface area contributed by atoms with E-state index in [2.05, 4.69) is 62.4 Å². The second-order valence-corrected chi connectivity index (χ2v) is 9.64. The fourth-order valence-electron chi connectivity index (χ4n) is 4.98. The van der Waals surface area contributed by atoms with E-state index in [1.807, 2.05) is 25.7 Å². The van der Waals surface area contributed by atoms with Crippen LogP contribution < -0.4 is 0 Å². The fourth-order valence-corrected chi connectivity index (χ4v) is 4.98. The molecule has 2 aromatic rings. The molecule has 1 saturated heterocycles. The number of hydrogen-bond acceptors (Lipinski definition) is 2. The van der Waals surface area contributed by atoms with Gasteiger partial charge in [0.25, 0.3) is 0 Å². The van der Waals surface area contributed by atoms with Gasteiger partial charge in [-0.25, -0.2) is 4.79 Å². The summed E-state index contributed by atoms with van der Waals surface area (Å²) in [6.45, 7) is 11.2. The Balaban J connectivity index is 1.69. The van der Waals surface area contributed by atoms with E-state index in [1.54, 1.807) is 0 Å². The topological polar surface area (TPSA) is 29.5 Å². The number of piperidine rings is 1. The summed E-state index contributed by atoms with van der Waals surface area (Å²) in [7, 11) is 0. The van der Waals surface area contributed by atoms with Gasteiger partial charge in [0.1, 0.15) is 5.60 Å². The minimum Gasteiger partial charge on any atom is -0.444 e. The lowest BCUT2D eigenvalue weighted by Gasteiger charge is -2.54. The van der Waals surface area contributed by atoms with Gasteiger partial charge in [0, 0.05) is 12.6 Å². The lowest BCUT2D eigenvalue weighted by molar-refractivity contribution is -0.0164. The second-order valence-electron chi connectivity index (χ2n) is 9.64. The van der Waals surface area contributed by atoms with Crippen molar-refractivity contribution in [1.82, 2.24) is 4.90 Å². The summed E-state index contributed by atoms with van der Waals surface area (Å²) in [5.41, 5.74) is 5.00.